The van der Waals surface area contributed by atoms with Crippen LogP contribution >= 0.6 is 12.2 Å². The third kappa shape index (κ3) is 8.93. The monoisotopic (exact) mass is 372 g/mol. The van der Waals surface area contributed by atoms with Crippen LogP contribution in [0, 0.1) is 0 Å². The zero-order valence-electron chi connectivity index (χ0n) is 14.4. The van der Waals surface area contributed by atoms with Crippen LogP contribution < -0.4 is 20.9 Å². The highest BCUT2D eigenvalue weighted by Gasteiger charge is 2.09. The molecular formula is C16H28N4O2S2. The summed E-state index contributed by atoms with van der Waals surface area (Å²) in [5.74, 6) is 0.164. The van der Waals surface area contributed by atoms with Crippen LogP contribution in [0.15, 0.2) is 24.3 Å². The van der Waals surface area contributed by atoms with Crippen molar-refractivity contribution in [3.63, 3.8) is 0 Å². The molecule has 1 rings (SSSR count). The minimum Gasteiger partial charge on any atom is -0.364 e. The van der Waals surface area contributed by atoms with E-state index in [1.165, 1.54) is 19.3 Å². The Labute approximate surface area is 150 Å². The molecule has 0 heterocycles. The van der Waals surface area contributed by atoms with E-state index in [4.69, 9.17) is 12.2 Å². The highest BCUT2D eigenvalue weighted by molar-refractivity contribution is 7.92. The highest BCUT2D eigenvalue weighted by Crippen LogP contribution is 2.15. The van der Waals surface area contributed by atoms with Crippen molar-refractivity contribution >= 4 is 38.7 Å². The first-order chi connectivity index (χ1) is 11.5. The number of sulfonamides is 1. The first-order valence-corrected chi connectivity index (χ1v) is 10.4. The zero-order chi connectivity index (χ0) is 17.8. The predicted molar refractivity (Wildman–Crippen MR) is 106 cm³/mol. The van der Waals surface area contributed by atoms with Gasteiger partial charge in [0.25, 0.3) is 0 Å². The van der Waals surface area contributed by atoms with Crippen LogP contribution in [0.1, 0.15) is 45.4 Å². The second-order valence-corrected chi connectivity index (χ2v) is 7.85. The van der Waals surface area contributed by atoms with Crippen LogP contribution in [-0.2, 0) is 10.0 Å². The van der Waals surface area contributed by atoms with Gasteiger partial charge in [-0.25, -0.2) is 8.42 Å². The Hall–Kier alpha value is -1.54. The van der Waals surface area contributed by atoms with Crippen LogP contribution in [0.4, 0.5) is 11.4 Å². The van der Waals surface area contributed by atoms with E-state index in [0.29, 0.717) is 17.2 Å². The molecule has 0 spiro atoms. The van der Waals surface area contributed by atoms with Crippen LogP contribution in [0.2, 0.25) is 0 Å². The summed E-state index contributed by atoms with van der Waals surface area (Å²) >= 11 is 4.95. The summed E-state index contributed by atoms with van der Waals surface area (Å²) in [5.41, 5.74) is 7.05. The maximum absolute atomic E-state index is 12.1. The molecule has 0 fully saturated rings. The summed E-state index contributed by atoms with van der Waals surface area (Å²) in [7, 11) is -1.57. The Morgan fingerprint density at radius 3 is 2.21 bits per heavy atom. The maximum atomic E-state index is 12.1. The van der Waals surface area contributed by atoms with E-state index in [1.54, 1.807) is 31.3 Å². The first kappa shape index (κ1) is 20.5. The lowest BCUT2D eigenvalue weighted by atomic mass is 10.1. The van der Waals surface area contributed by atoms with Crippen molar-refractivity contribution in [2.75, 3.05) is 22.9 Å². The van der Waals surface area contributed by atoms with Crippen molar-refractivity contribution in [3.8, 4) is 0 Å². The van der Waals surface area contributed by atoms with Crippen LogP contribution in [-0.4, -0.2) is 26.3 Å². The second-order valence-electron chi connectivity index (χ2n) is 5.60. The minimum absolute atomic E-state index is 0.164. The molecule has 0 bridgehead atoms. The van der Waals surface area contributed by atoms with Gasteiger partial charge >= 0.3 is 0 Å². The molecule has 6 nitrogen and oxygen atoms in total. The van der Waals surface area contributed by atoms with Gasteiger partial charge in [-0.05, 0) is 42.9 Å². The quantitative estimate of drug-likeness (QED) is 0.271. The number of thiocarbonyl (C=S) groups is 1. The molecule has 0 amide bonds. The van der Waals surface area contributed by atoms with Gasteiger partial charge in [-0.15, -0.1) is 0 Å². The summed E-state index contributed by atoms with van der Waals surface area (Å²) in [5, 5.41) is 3.25. The smallest absolute Gasteiger partial charge is 0.232 e. The van der Waals surface area contributed by atoms with Crippen molar-refractivity contribution in [2.24, 2.45) is 0 Å². The van der Waals surface area contributed by atoms with Gasteiger partial charge in [0.15, 0.2) is 5.11 Å². The number of rotatable bonds is 11. The number of nitrogens with one attached hydrogen (secondary N) is 4. The number of hydrogen-bond donors (Lipinski definition) is 4. The van der Waals surface area contributed by atoms with Crippen LogP contribution in [0.5, 0.6) is 0 Å². The van der Waals surface area contributed by atoms with Gasteiger partial charge in [0.2, 0.25) is 10.0 Å². The fourth-order valence-electron chi connectivity index (χ4n) is 2.12. The first-order valence-electron chi connectivity index (χ1n) is 8.31. The average molecular weight is 373 g/mol. The van der Waals surface area contributed by atoms with E-state index in [9.17, 15) is 8.42 Å². The molecule has 0 atom stereocenters. The molecule has 0 saturated heterocycles. The van der Waals surface area contributed by atoms with Gasteiger partial charge in [0.1, 0.15) is 0 Å². The van der Waals surface area contributed by atoms with E-state index in [1.807, 2.05) is 0 Å². The third-order valence-corrected chi connectivity index (χ3v) is 5.15. The summed E-state index contributed by atoms with van der Waals surface area (Å²) in [6.07, 6.45) is 6.36. The highest BCUT2D eigenvalue weighted by atomic mass is 32.2. The van der Waals surface area contributed by atoms with Crippen LogP contribution in [0.3, 0.4) is 0 Å². The molecule has 0 unspecified atom stereocenters. The molecule has 0 aliphatic rings. The van der Waals surface area contributed by atoms with Crippen molar-refractivity contribution in [2.45, 2.75) is 45.4 Å². The topological polar surface area (TPSA) is 82.3 Å². The SMILES string of the molecule is CCCCCCCCS(=O)(=O)Nc1ccc(NNC(=S)NC)cc1. The summed E-state index contributed by atoms with van der Waals surface area (Å²) in [6, 6.07) is 6.97. The largest absolute Gasteiger partial charge is 0.364 e. The average Bonchev–Trinajstić information content (AvgIpc) is 2.56. The lowest BCUT2D eigenvalue weighted by Gasteiger charge is -2.11. The standard InChI is InChI=1S/C16H28N4O2S2/c1-3-4-5-6-7-8-13-24(21,22)20-15-11-9-14(10-12-15)18-19-16(23)17-2/h9-12,18,20H,3-8,13H2,1-2H3,(H2,17,19,23). The second kappa shape index (κ2) is 11.1. The molecule has 0 saturated carbocycles. The van der Waals surface area contributed by atoms with Crippen molar-refractivity contribution in [1.82, 2.24) is 10.7 Å². The lowest BCUT2D eigenvalue weighted by molar-refractivity contribution is 0.588. The Bertz CT molecular complexity index is 589. The molecule has 8 heteroatoms. The fourth-order valence-corrected chi connectivity index (χ4v) is 3.35. The fraction of sp³-hybridized carbons (Fsp3) is 0.562. The van der Waals surface area contributed by atoms with E-state index >= 15 is 0 Å². The van der Waals surface area contributed by atoms with E-state index in [0.717, 1.165) is 18.5 Å². The lowest BCUT2D eigenvalue weighted by Crippen LogP contribution is -2.36. The molecule has 24 heavy (non-hydrogen) atoms. The van der Waals surface area contributed by atoms with Gasteiger partial charge in [-0.2, -0.15) is 0 Å². The van der Waals surface area contributed by atoms with E-state index in [2.05, 4.69) is 27.8 Å². The number of benzene rings is 1. The molecule has 0 radical (unpaired) electrons. The maximum Gasteiger partial charge on any atom is 0.232 e. The predicted octanol–water partition coefficient (Wildman–Crippen LogP) is 3.21. The summed E-state index contributed by atoms with van der Waals surface area (Å²) in [6.45, 7) is 2.17. The molecule has 4 N–H and O–H groups in total. The number of unbranched alkanes of at least 4 members (excludes halogenated alkanes) is 5. The Balaban J connectivity index is 2.37. The third-order valence-electron chi connectivity index (χ3n) is 3.47. The molecule has 0 aliphatic carbocycles. The summed E-state index contributed by atoms with van der Waals surface area (Å²) < 4.78 is 26.7. The molecule has 1 aromatic rings. The van der Waals surface area contributed by atoms with Gasteiger partial charge in [-0.3, -0.25) is 15.6 Å². The van der Waals surface area contributed by atoms with E-state index < -0.39 is 10.0 Å². The molecule has 0 aliphatic heterocycles. The minimum atomic E-state index is -3.29. The Morgan fingerprint density at radius 2 is 1.58 bits per heavy atom. The summed E-state index contributed by atoms with van der Waals surface area (Å²) in [4.78, 5) is 0. The molecule has 1 aromatic carbocycles. The number of hydrogen-bond acceptors (Lipinski definition) is 4. The molecule has 0 aromatic heterocycles. The van der Waals surface area contributed by atoms with Crippen molar-refractivity contribution in [1.29, 1.82) is 0 Å². The zero-order valence-corrected chi connectivity index (χ0v) is 16.0. The van der Waals surface area contributed by atoms with Gasteiger partial charge < -0.3 is 5.32 Å². The Morgan fingerprint density at radius 1 is 1.00 bits per heavy atom. The normalized spacial score (nSPS) is 10.9. The molecule has 136 valence electrons. The van der Waals surface area contributed by atoms with Gasteiger partial charge in [0, 0.05) is 12.7 Å². The number of anilines is 2. The van der Waals surface area contributed by atoms with Gasteiger partial charge in [0.05, 0.1) is 11.4 Å². The van der Waals surface area contributed by atoms with E-state index in [-0.39, 0.29) is 5.75 Å². The van der Waals surface area contributed by atoms with Crippen LogP contribution in [0.25, 0.3) is 0 Å². The van der Waals surface area contributed by atoms with Gasteiger partial charge in [-0.1, -0.05) is 39.0 Å². The molecular weight excluding hydrogens is 344 g/mol. The Kier molecular flexibility index (Phi) is 9.48. The van der Waals surface area contributed by atoms with Crippen molar-refractivity contribution in [3.05, 3.63) is 24.3 Å². The number of hydrazine groups is 1. The van der Waals surface area contributed by atoms with Crippen molar-refractivity contribution < 1.29 is 8.42 Å².